The second kappa shape index (κ2) is 7.64. The Balaban J connectivity index is 2.11. The van der Waals surface area contributed by atoms with Crippen LogP contribution in [-0.4, -0.2) is 17.0 Å². The lowest BCUT2D eigenvalue weighted by Gasteiger charge is -2.10. The number of nitrogens with one attached hydrogen (secondary N) is 1. The Morgan fingerprint density at radius 1 is 1.23 bits per heavy atom. The minimum Gasteiger partial charge on any atom is -0.352 e. The molecule has 0 aliphatic rings. The van der Waals surface area contributed by atoms with Crippen LogP contribution in [0.15, 0.2) is 48.6 Å². The molecule has 0 aliphatic heterocycles. The van der Waals surface area contributed by atoms with E-state index in [1.807, 2.05) is 51.1 Å². The molecule has 0 aliphatic carbocycles. The van der Waals surface area contributed by atoms with Crippen LogP contribution in [0.3, 0.4) is 0 Å². The summed E-state index contributed by atoms with van der Waals surface area (Å²) in [7, 11) is 0. The van der Waals surface area contributed by atoms with E-state index in [4.69, 9.17) is 0 Å². The standard InChI is InChI=1S/C19H24N2O/c1-4-5-9-12-20-19(22)18-13-15(2)21(16(18)3)14-17-10-7-6-8-11-17/h4-8,10-11,13H,9,12,14H2,1-3H3,(H,20,22)/b5-4+. The zero-order valence-corrected chi connectivity index (χ0v) is 13.6. The maximum absolute atomic E-state index is 12.3. The van der Waals surface area contributed by atoms with Gasteiger partial charge in [-0.25, -0.2) is 0 Å². The molecule has 0 unspecified atom stereocenters. The number of aryl methyl sites for hydroxylation is 1. The van der Waals surface area contributed by atoms with E-state index in [2.05, 4.69) is 28.1 Å². The van der Waals surface area contributed by atoms with Crippen molar-refractivity contribution in [3.05, 3.63) is 71.1 Å². The zero-order chi connectivity index (χ0) is 15.9. The Morgan fingerprint density at radius 2 is 1.95 bits per heavy atom. The monoisotopic (exact) mass is 296 g/mol. The van der Waals surface area contributed by atoms with E-state index in [1.54, 1.807) is 0 Å². The number of amides is 1. The lowest BCUT2D eigenvalue weighted by atomic mass is 10.2. The second-order valence-electron chi connectivity index (χ2n) is 5.47. The summed E-state index contributed by atoms with van der Waals surface area (Å²) in [5, 5.41) is 2.98. The normalized spacial score (nSPS) is 11.0. The molecular weight excluding hydrogens is 272 g/mol. The lowest BCUT2D eigenvalue weighted by molar-refractivity contribution is 0.0953. The van der Waals surface area contributed by atoms with Crippen molar-refractivity contribution in [2.24, 2.45) is 0 Å². The number of carbonyl (C=O) groups is 1. The molecule has 116 valence electrons. The van der Waals surface area contributed by atoms with Crippen molar-refractivity contribution in [3.8, 4) is 0 Å². The van der Waals surface area contributed by atoms with Crippen LogP contribution in [0.5, 0.6) is 0 Å². The van der Waals surface area contributed by atoms with Gasteiger partial charge in [-0.15, -0.1) is 0 Å². The highest BCUT2D eigenvalue weighted by molar-refractivity contribution is 5.95. The van der Waals surface area contributed by atoms with Crippen molar-refractivity contribution in [1.82, 2.24) is 9.88 Å². The molecule has 0 saturated heterocycles. The van der Waals surface area contributed by atoms with Crippen LogP contribution >= 0.6 is 0 Å². The molecule has 1 heterocycles. The highest BCUT2D eigenvalue weighted by atomic mass is 16.1. The first-order valence-corrected chi connectivity index (χ1v) is 7.73. The maximum Gasteiger partial charge on any atom is 0.253 e. The molecule has 0 bridgehead atoms. The maximum atomic E-state index is 12.3. The van der Waals surface area contributed by atoms with Crippen molar-refractivity contribution >= 4 is 5.91 Å². The van der Waals surface area contributed by atoms with E-state index in [1.165, 1.54) is 5.56 Å². The minimum atomic E-state index is 0.0110. The number of benzene rings is 1. The van der Waals surface area contributed by atoms with Crippen LogP contribution in [0.25, 0.3) is 0 Å². The lowest BCUT2D eigenvalue weighted by Crippen LogP contribution is -2.24. The smallest absolute Gasteiger partial charge is 0.253 e. The van der Waals surface area contributed by atoms with Gasteiger partial charge in [-0.2, -0.15) is 0 Å². The van der Waals surface area contributed by atoms with Gasteiger partial charge in [-0.1, -0.05) is 42.5 Å². The molecule has 1 aromatic heterocycles. The Bertz CT molecular complexity index is 654. The van der Waals surface area contributed by atoms with Crippen molar-refractivity contribution in [1.29, 1.82) is 0 Å². The van der Waals surface area contributed by atoms with Crippen LogP contribution in [0, 0.1) is 13.8 Å². The fraction of sp³-hybridized carbons (Fsp3) is 0.316. The first-order valence-electron chi connectivity index (χ1n) is 7.73. The Morgan fingerprint density at radius 3 is 2.64 bits per heavy atom. The summed E-state index contributed by atoms with van der Waals surface area (Å²) in [6.45, 7) is 7.51. The first-order chi connectivity index (χ1) is 10.6. The molecular formula is C19H24N2O. The highest BCUT2D eigenvalue weighted by Crippen LogP contribution is 2.17. The Hall–Kier alpha value is -2.29. The third-order valence-corrected chi connectivity index (χ3v) is 3.83. The van der Waals surface area contributed by atoms with E-state index < -0.39 is 0 Å². The van der Waals surface area contributed by atoms with Gasteiger partial charge in [0.1, 0.15) is 0 Å². The summed E-state index contributed by atoms with van der Waals surface area (Å²) in [4.78, 5) is 12.3. The van der Waals surface area contributed by atoms with Gasteiger partial charge in [0.05, 0.1) is 5.56 Å². The van der Waals surface area contributed by atoms with Crippen LogP contribution in [-0.2, 0) is 6.54 Å². The van der Waals surface area contributed by atoms with Crippen LogP contribution in [0.4, 0.5) is 0 Å². The van der Waals surface area contributed by atoms with Gasteiger partial charge in [0.25, 0.3) is 5.91 Å². The van der Waals surface area contributed by atoms with Gasteiger partial charge in [-0.3, -0.25) is 4.79 Å². The molecule has 2 aromatic rings. The molecule has 3 heteroatoms. The summed E-state index contributed by atoms with van der Waals surface area (Å²) < 4.78 is 2.19. The highest BCUT2D eigenvalue weighted by Gasteiger charge is 2.15. The third kappa shape index (κ3) is 3.88. The Labute approximate surface area is 132 Å². The van der Waals surface area contributed by atoms with Gasteiger partial charge in [0.15, 0.2) is 0 Å². The molecule has 1 N–H and O–H groups in total. The molecule has 2 rings (SSSR count). The molecule has 1 aromatic carbocycles. The van der Waals surface area contributed by atoms with Crippen molar-refractivity contribution in [2.45, 2.75) is 33.7 Å². The average Bonchev–Trinajstić information content (AvgIpc) is 2.81. The van der Waals surface area contributed by atoms with E-state index in [-0.39, 0.29) is 5.91 Å². The van der Waals surface area contributed by atoms with Gasteiger partial charge >= 0.3 is 0 Å². The van der Waals surface area contributed by atoms with Crippen molar-refractivity contribution in [3.63, 3.8) is 0 Å². The van der Waals surface area contributed by atoms with Gasteiger partial charge < -0.3 is 9.88 Å². The number of carbonyl (C=O) groups excluding carboxylic acids is 1. The molecule has 22 heavy (non-hydrogen) atoms. The number of nitrogens with zero attached hydrogens (tertiary/aromatic N) is 1. The fourth-order valence-electron chi connectivity index (χ4n) is 2.57. The predicted octanol–water partition coefficient (Wildman–Crippen LogP) is 3.85. The molecule has 0 saturated carbocycles. The largest absolute Gasteiger partial charge is 0.352 e. The Kier molecular flexibility index (Phi) is 5.59. The number of aromatic nitrogens is 1. The number of rotatable bonds is 6. The van der Waals surface area contributed by atoms with E-state index in [0.717, 1.165) is 29.9 Å². The minimum absolute atomic E-state index is 0.0110. The van der Waals surface area contributed by atoms with Crippen molar-refractivity contribution < 1.29 is 4.79 Å². The number of hydrogen-bond acceptors (Lipinski definition) is 1. The van der Waals surface area contributed by atoms with Crippen LogP contribution in [0.1, 0.15) is 40.7 Å². The van der Waals surface area contributed by atoms with Gasteiger partial charge in [0.2, 0.25) is 0 Å². The third-order valence-electron chi connectivity index (χ3n) is 3.83. The predicted molar refractivity (Wildman–Crippen MR) is 91.2 cm³/mol. The van der Waals surface area contributed by atoms with Crippen LogP contribution in [0.2, 0.25) is 0 Å². The number of allylic oxidation sites excluding steroid dienone is 1. The quantitative estimate of drug-likeness (QED) is 0.637. The topological polar surface area (TPSA) is 34.0 Å². The molecule has 0 atom stereocenters. The summed E-state index contributed by atoms with van der Waals surface area (Å²) >= 11 is 0. The average molecular weight is 296 g/mol. The van der Waals surface area contributed by atoms with Crippen molar-refractivity contribution in [2.75, 3.05) is 6.54 Å². The summed E-state index contributed by atoms with van der Waals surface area (Å²) in [6, 6.07) is 12.3. The van der Waals surface area contributed by atoms with E-state index in [0.29, 0.717) is 6.54 Å². The molecule has 1 amide bonds. The molecule has 0 spiro atoms. The van der Waals surface area contributed by atoms with E-state index in [9.17, 15) is 4.79 Å². The molecule has 3 nitrogen and oxygen atoms in total. The molecule has 0 fully saturated rings. The first kappa shape index (κ1) is 16.1. The number of hydrogen-bond donors (Lipinski definition) is 1. The van der Waals surface area contributed by atoms with Gasteiger partial charge in [-0.05, 0) is 38.8 Å². The second-order valence-corrected chi connectivity index (χ2v) is 5.47. The summed E-state index contributed by atoms with van der Waals surface area (Å²) in [6.07, 6.45) is 4.92. The fourth-order valence-corrected chi connectivity index (χ4v) is 2.57. The summed E-state index contributed by atoms with van der Waals surface area (Å²) in [5.74, 6) is 0.0110. The SMILES string of the molecule is C/C=C/CCNC(=O)c1cc(C)n(Cc2ccccc2)c1C. The summed E-state index contributed by atoms with van der Waals surface area (Å²) in [5.41, 5.74) is 4.14. The molecule has 0 radical (unpaired) electrons. The zero-order valence-electron chi connectivity index (χ0n) is 13.6. The van der Waals surface area contributed by atoms with Gasteiger partial charge in [0, 0.05) is 24.5 Å². The van der Waals surface area contributed by atoms with E-state index >= 15 is 0 Å². The van der Waals surface area contributed by atoms with Crippen LogP contribution < -0.4 is 5.32 Å².